The van der Waals surface area contributed by atoms with Gasteiger partial charge in [-0.2, -0.15) is 21.4 Å². The summed E-state index contributed by atoms with van der Waals surface area (Å²) in [6.45, 7) is 12.5. The first-order chi connectivity index (χ1) is 32.8. The van der Waals surface area contributed by atoms with Gasteiger partial charge in [-0.1, -0.05) is 98.3 Å². The highest BCUT2D eigenvalue weighted by Gasteiger charge is 2.45. The molecular formula is C56H65N2O9S2+. The number of hydrogen-bond donors (Lipinski definition) is 2. The molecular weight excluding hydrogens is 909 g/mol. The number of carbonyl (C=O) groups is 1. The van der Waals surface area contributed by atoms with Crippen LogP contribution in [-0.2, 0) is 35.9 Å². The number of ether oxygens (including phenoxy) is 2. The molecule has 2 aliphatic heterocycles. The van der Waals surface area contributed by atoms with Gasteiger partial charge >= 0.3 is 5.97 Å². The molecule has 2 heterocycles. The lowest BCUT2D eigenvalue weighted by atomic mass is 9.79. The third-order valence-electron chi connectivity index (χ3n) is 13.1. The Morgan fingerprint density at radius 1 is 0.667 bits per heavy atom. The smallest absolute Gasteiger partial charge is 0.311 e. The van der Waals surface area contributed by atoms with Crippen LogP contribution >= 0.6 is 0 Å². The van der Waals surface area contributed by atoms with Crippen LogP contribution < -0.4 is 14.4 Å². The molecule has 0 amide bonds. The first kappa shape index (κ1) is 51.0. The number of fused-ring (bicyclic) bond motifs is 6. The molecule has 11 nitrogen and oxygen atoms in total. The van der Waals surface area contributed by atoms with Crippen LogP contribution in [0.1, 0.15) is 95.8 Å². The molecule has 69 heavy (non-hydrogen) atoms. The topological polar surface area (TPSA) is 151 Å². The molecule has 0 radical (unpaired) electrons. The van der Waals surface area contributed by atoms with E-state index in [2.05, 4.69) is 104 Å². The number of anilines is 1. The van der Waals surface area contributed by atoms with Crippen LogP contribution in [0.25, 0.3) is 21.5 Å². The predicted molar refractivity (Wildman–Crippen MR) is 279 cm³/mol. The van der Waals surface area contributed by atoms with Gasteiger partial charge in [-0.25, -0.2) is 0 Å². The summed E-state index contributed by atoms with van der Waals surface area (Å²) >= 11 is 0. The van der Waals surface area contributed by atoms with Gasteiger partial charge in [0.1, 0.15) is 18.0 Å². The highest BCUT2D eigenvalue weighted by molar-refractivity contribution is 7.86. The lowest BCUT2D eigenvalue weighted by Gasteiger charge is -2.27. The van der Waals surface area contributed by atoms with Crippen molar-refractivity contribution in [1.29, 1.82) is 0 Å². The highest BCUT2D eigenvalue weighted by atomic mass is 32.2. The van der Waals surface area contributed by atoms with Crippen molar-refractivity contribution >= 4 is 64.8 Å². The van der Waals surface area contributed by atoms with E-state index in [1.54, 1.807) is 12.1 Å². The highest BCUT2D eigenvalue weighted by Crippen LogP contribution is 2.51. The quantitative estimate of drug-likeness (QED) is 0.0171. The molecule has 0 atom stereocenters. The van der Waals surface area contributed by atoms with Gasteiger partial charge in [0.15, 0.2) is 5.71 Å². The molecule has 5 aromatic carbocycles. The van der Waals surface area contributed by atoms with Gasteiger partial charge in [0, 0.05) is 53.9 Å². The summed E-state index contributed by atoms with van der Waals surface area (Å²) in [7, 11) is -8.12. The van der Waals surface area contributed by atoms with Gasteiger partial charge in [0.25, 0.3) is 20.2 Å². The molecule has 13 heteroatoms. The molecule has 0 unspecified atom stereocenters. The fourth-order valence-electron chi connectivity index (χ4n) is 9.79. The van der Waals surface area contributed by atoms with Crippen molar-refractivity contribution in [3.05, 3.63) is 156 Å². The summed E-state index contributed by atoms with van der Waals surface area (Å²) in [6.07, 6.45) is 18.7. The second kappa shape index (κ2) is 21.8. The van der Waals surface area contributed by atoms with Crippen LogP contribution in [0.2, 0.25) is 0 Å². The minimum absolute atomic E-state index is 0.241. The van der Waals surface area contributed by atoms with Crippen molar-refractivity contribution in [2.24, 2.45) is 0 Å². The fourth-order valence-corrected chi connectivity index (χ4v) is 10.9. The Kier molecular flexibility index (Phi) is 16.1. The van der Waals surface area contributed by atoms with Crippen LogP contribution in [0.3, 0.4) is 0 Å². The molecule has 0 bridgehead atoms. The molecule has 0 saturated heterocycles. The summed E-state index contributed by atoms with van der Waals surface area (Å²) in [5.41, 5.74) is 7.01. The van der Waals surface area contributed by atoms with Crippen molar-refractivity contribution in [3.63, 3.8) is 0 Å². The standard InChI is InChI=1S/C56H64N2O9S2/c1-41-25-30-44(31-26-41)67-52(59)24-12-9-17-37-66-45-32-27-43-29-34-49-54(47(43)40-45)56(4,5)51(58(49)36-16-19-39-69(63,64)65)23-11-8-6-7-10-22-50-55(2,3)53-46-21-14-13-20-42(46)28-33-48(53)57(50)35-15-18-38-68(60,61)62/h6-8,10-11,13-14,20-23,25-34,40H,9,12,15-19,24,35-39H2,1-5H3,(H-,60,61,62,63,64,65)/p+1. The van der Waals surface area contributed by atoms with E-state index in [-0.39, 0.29) is 22.9 Å². The average Bonchev–Trinajstić information content (AvgIpc) is 3.65. The summed E-state index contributed by atoms with van der Waals surface area (Å²) < 4.78 is 78.9. The third-order valence-corrected chi connectivity index (χ3v) is 14.7. The number of allylic oxidation sites excluding steroid dienone is 8. The van der Waals surface area contributed by atoms with E-state index in [1.165, 1.54) is 10.9 Å². The fraction of sp³-hybridized carbons (Fsp3) is 0.357. The van der Waals surface area contributed by atoms with Crippen molar-refractivity contribution < 1.29 is 44.8 Å². The van der Waals surface area contributed by atoms with E-state index >= 15 is 0 Å². The number of unbranched alkanes of at least 4 members (excludes halogenated alkanes) is 4. The zero-order valence-corrected chi connectivity index (χ0v) is 42.0. The Bertz CT molecular complexity index is 3070. The van der Waals surface area contributed by atoms with Crippen LogP contribution in [-0.4, -0.2) is 73.4 Å². The second-order valence-electron chi connectivity index (χ2n) is 19.1. The summed E-state index contributed by atoms with van der Waals surface area (Å²) in [5.74, 6) is 0.511. The SMILES string of the molecule is Cc1ccc(OC(=O)CCCCCOc2ccc3ccc4c(c3c2)C(C)(C)C(C=CC=CC=CC=C2N(CCCCS(=O)(=O)O)c3ccc5ccccc5c3C2(C)C)=[N+]4CCCCS(=O)(=O)O)cc1. The Hall–Kier alpha value is -5.86. The van der Waals surface area contributed by atoms with Crippen LogP contribution in [0.5, 0.6) is 11.5 Å². The Balaban J connectivity index is 1.06. The van der Waals surface area contributed by atoms with E-state index in [0.717, 1.165) is 68.7 Å². The van der Waals surface area contributed by atoms with Gasteiger partial charge in [0.2, 0.25) is 5.69 Å². The first-order valence-electron chi connectivity index (χ1n) is 23.9. The van der Waals surface area contributed by atoms with Crippen LogP contribution in [0.4, 0.5) is 11.4 Å². The molecule has 2 aliphatic rings. The van der Waals surface area contributed by atoms with Crippen molar-refractivity contribution in [2.75, 3.05) is 36.1 Å². The third kappa shape index (κ3) is 12.7. The number of carbonyl (C=O) groups excluding carboxylic acids is 1. The first-order valence-corrected chi connectivity index (χ1v) is 27.1. The Morgan fingerprint density at radius 3 is 2.07 bits per heavy atom. The maximum absolute atomic E-state index is 12.3. The number of benzene rings is 5. The molecule has 0 fully saturated rings. The molecule has 5 aromatic rings. The summed E-state index contributed by atoms with van der Waals surface area (Å²) in [6, 6.07) is 30.5. The van der Waals surface area contributed by atoms with Crippen molar-refractivity contribution in [2.45, 2.75) is 96.8 Å². The lowest BCUT2D eigenvalue weighted by molar-refractivity contribution is -0.438. The monoisotopic (exact) mass is 973 g/mol. The predicted octanol–water partition coefficient (Wildman–Crippen LogP) is 11.9. The van der Waals surface area contributed by atoms with Gasteiger partial charge in [-0.05, 0) is 129 Å². The van der Waals surface area contributed by atoms with Crippen LogP contribution in [0.15, 0.2) is 139 Å². The van der Waals surface area contributed by atoms with E-state index < -0.39 is 25.7 Å². The summed E-state index contributed by atoms with van der Waals surface area (Å²) in [4.78, 5) is 14.6. The number of nitrogens with zero attached hydrogens (tertiary/aromatic N) is 2. The number of esters is 1. The molecule has 0 spiro atoms. The van der Waals surface area contributed by atoms with Crippen molar-refractivity contribution in [3.8, 4) is 11.5 Å². The molecule has 2 N–H and O–H groups in total. The number of hydrogen-bond acceptors (Lipinski definition) is 8. The lowest BCUT2D eigenvalue weighted by Crippen LogP contribution is -2.28. The average molecular weight is 974 g/mol. The Morgan fingerprint density at radius 2 is 1.32 bits per heavy atom. The second-order valence-corrected chi connectivity index (χ2v) is 22.2. The Labute approximate surface area is 408 Å². The summed E-state index contributed by atoms with van der Waals surface area (Å²) in [5, 5.41) is 4.50. The van der Waals surface area contributed by atoms with Gasteiger partial charge in [-0.3, -0.25) is 13.9 Å². The minimum atomic E-state index is -4.08. The van der Waals surface area contributed by atoms with E-state index in [1.807, 2.05) is 61.6 Å². The molecule has 364 valence electrons. The van der Waals surface area contributed by atoms with Gasteiger partial charge in [-0.15, -0.1) is 0 Å². The molecule has 7 rings (SSSR count). The van der Waals surface area contributed by atoms with Gasteiger partial charge in [0.05, 0.1) is 23.5 Å². The largest absolute Gasteiger partial charge is 0.494 e. The van der Waals surface area contributed by atoms with Gasteiger partial charge < -0.3 is 14.4 Å². The molecule has 0 aromatic heterocycles. The van der Waals surface area contributed by atoms with E-state index in [9.17, 15) is 30.7 Å². The number of rotatable bonds is 22. The number of aryl methyl sites for hydroxylation is 1. The maximum atomic E-state index is 12.3. The zero-order valence-electron chi connectivity index (χ0n) is 40.4. The normalized spacial score (nSPS) is 16.2. The minimum Gasteiger partial charge on any atom is -0.494 e. The van der Waals surface area contributed by atoms with Crippen molar-refractivity contribution in [1.82, 2.24) is 0 Å². The maximum Gasteiger partial charge on any atom is 0.311 e. The zero-order chi connectivity index (χ0) is 49.4. The molecule has 0 aliphatic carbocycles. The van der Waals surface area contributed by atoms with Crippen LogP contribution in [0, 0.1) is 6.92 Å². The van der Waals surface area contributed by atoms with E-state index in [0.29, 0.717) is 64.0 Å². The molecule has 0 saturated carbocycles. The van der Waals surface area contributed by atoms with E-state index in [4.69, 9.17) is 9.47 Å².